The summed E-state index contributed by atoms with van der Waals surface area (Å²) in [6.45, 7) is 6.02. The lowest BCUT2D eigenvalue weighted by Crippen LogP contribution is -2.29. The zero-order valence-corrected chi connectivity index (χ0v) is 20.9. The average molecular weight is 503 g/mol. The quantitative estimate of drug-likeness (QED) is 0.430. The number of aromatic nitrogens is 3. The lowest BCUT2D eigenvalue weighted by molar-refractivity contribution is -0.126. The SMILES string of the molecule is Cc1ccc(Oc2ccc(Nc3ncnc4c3C=C(C(=O)N3CCCC3)CCN4)cc2C)cn1.O=CO. The molecule has 3 N–H and O–H groups in total. The Hall–Kier alpha value is -4.47. The summed E-state index contributed by atoms with van der Waals surface area (Å²) < 4.78 is 5.99. The van der Waals surface area contributed by atoms with E-state index in [-0.39, 0.29) is 12.4 Å². The molecule has 192 valence electrons. The minimum absolute atomic E-state index is 0.116. The third-order valence-electron chi connectivity index (χ3n) is 6.11. The molecule has 2 aliphatic heterocycles. The Morgan fingerprint density at radius 3 is 2.62 bits per heavy atom. The summed E-state index contributed by atoms with van der Waals surface area (Å²) in [5.74, 6) is 2.96. The molecule has 10 heteroatoms. The van der Waals surface area contributed by atoms with Crippen LogP contribution in [0.15, 0.2) is 48.4 Å². The lowest BCUT2D eigenvalue weighted by atomic mass is 10.1. The topological polar surface area (TPSA) is 130 Å². The van der Waals surface area contributed by atoms with Crippen molar-refractivity contribution in [3.05, 3.63) is 65.2 Å². The average Bonchev–Trinajstić information content (AvgIpc) is 3.34. The smallest absolute Gasteiger partial charge is 0.290 e. The largest absolute Gasteiger partial charge is 0.483 e. The molecule has 5 rings (SSSR count). The van der Waals surface area contributed by atoms with Gasteiger partial charge in [-0.1, -0.05) is 0 Å². The number of carbonyl (C=O) groups is 2. The monoisotopic (exact) mass is 502 g/mol. The zero-order valence-electron chi connectivity index (χ0n) is 20.9. The minimum Gasteiger partial charge on any atom is -0.483 e. The van der Waals surface area contributed by atoms with Crippen LogP contribution in [0.5, 0.6) is 11.5 Å². The van der Waals surface area contributed by atoms with Gasteiger partial charge in [-0.15, -0.1) is 0 Å². The third-order valence-corrected chi connectivity index (χ3v) is 6.11. The fraction of sp³-hybridized carbons (Fsp3) is 0.296. The van der Waals surface area contributed by atoms with Crippen molar-refractivity contribution < 1.29 is 19.4 Å². The van der Waals surface area contributed by atoms with E-state index in [1.807, 2.05) is 55.2 Å². The number of rotatable bonds is 5. The number of hydrogen-bond donors (Lipinski definition) is 3. The van der Waals surface area contributed by atoms with E-state index in [2.05, 4.69) is 25.6 Å². The second kappa shape index (κ2) is 12.0. The van der Waals surface area contributed by atoms with Crippen LogP contribution < -0.4 is 15.4 Å². The summed E-state index contributed by atoms with van der Waals surface area (Å²) >= 11 is 0. The Kier molecular flexibility index (Phi) is 8.29. The van der Waals surface area contributed by atoms with E-state index in [4.69, 9.17) is 14.6 Å². The van der Waals surface area contributed by atoms with Crippen LogP contribution in [0.1, 0.15) is 36.1 Å². The number of hydrogen-bond acceptors (Lipinski definition) is 8. The summed E-state index contributed by atoms with van der Waals surface area (Å²) in [6, 6.07) is 9.71. The number of nitrogens with zero attached hydrogens (tertiary/aromatic N) is 4. The van der Waals surface area contributed by atoms with E-state index in [1.165, 1.54) is 6.33 Å². The van der Waals surface area contributed by atoms with E-state index in [9.17, 15) is 4.79 Å². The van der Waals surface area contributed by atoms with Crippen molar-refractivity contribution in [3.8, 4) is 11.5 Å². The number of fused-ring (bicyclic) bond motifs is 1. The Morgan fingerprint density at radius 2 is 1.92 bits per heavy atom. The molecule has 1 amide bonds. The molecule has 0 aliphatic carbocycles. The number of carboxylic acid groups (broad SMARTS) is 1. The fourth-order valence-electron chi connectivity index (χ4n) is 4.25. The first kappa shape index (κ1) is 25.6. The van der Waals surface area contributed by atoms with Gasteiger partial charge < -0.3 is 25.4 Å². The summed E-state index contributed by atoms with van der Waals surface area (Å²) in [6.07, 6.45) is 7.99. The summed E-state index contributed by atoms with van der Waals surface area (Å²) in [4.78, 5) is 36.5. The van der Waals surface area contributed by atoms with E-state index in [0.717, 1.165) is 65.6 Å². The molecule has 1 fully saturated rings. The van der Waals surface area contributed by atoms with E-state index < -0.39 is 0 Å². The van der Waals surface area contributed by atoms with Gasteiger partial charge in [-0.05, 0) is 75.1 Å². The summed E-state index contributed by atoms with van der Waals surface area (Å²) in [5.41, 5.74) is 4.38. The maximum atomic E-state index is 13.0. The molecule has 0 unspecified atom stereocenters. The van der Waals surface area contributed by atoms with Crippen molar-refractivity contribution in [3.63, 3.8) is 0 Å². The van der Waals surface area contributed by atoms with Crippen LogP contribution >= 0.6 is 0 Å². The van der Waals surface area contributed by atoms with E-state index in [1.54, 1.807) is 6.20 Å². The van der Waals surface area contributed by atoms with Gasteiger partial charge in [0.25, 0.3) is 6.47 Å². The highest BCUT2D eigenvalue weighted by atomic mass is 16.5. The Bertz CT molecular complexity index is 1290. The van der Waals surface area contributed by atoms with Crippen molar-refractivity contribution in [2.45, 2.75) is 33.1 Å². The van der Waals surface area contributed by atoms with Crippen molar-refractivity contribution in [1.82, 2.24) is 19.9 Å². The Labute approximate surface area is 215 Å². The first-order valence-electron chi connectivity index (χ1n) is 12.1. The predicted molar refractivity (Wildman–Crippen MR) is 141 cm³/mol. The molecule has 1 saturated heterocycles. The summed E-state index contributed by atoms with van der Waals surface area (Å²) in [5, 5.41) is 13.6. The van der Waals surface area contributed by atoms with Gasteiger partial charge in [0.2, 0.25) is 5.91 Å². The number of aryl methyl sites for hydroxylation is 2. The van der Waals surface area contributed by atoms with Gasteiger partial charge in [-0.2, -0.15) is 0 Å². The van der Waals surface area contributed by atoms with Crippen molar-refractivity contribution >= 4 is 35.8 Å². The van der Waals surface area contributed by atoms with Crippen molar-refractivity contribution in [1.29, 1.82) is 0 Å². The second-order valence-electron chi connectivity index (χ2n) is 8.78. The van der Waals surface area contributed by atoms with Crippen LogP contribution in [0.4, 0.5) is 17.3 Å². The molecular weight excluding hydrogens is 472 g/mol. The van der Waals surface area contributed by atoms with Gasteiger partial charge in [0.05, 0.1) is 11.8 Å². The normalized spacial score (nSPS) is 14.2. The first-order chi connectivity index (χ1) is 18.0. The van der Waals surface area contributed by atoms with Crippen LogP contribution in [0.2, 0.25) is 0 Å². The molecule has 2 aliphatic rings. The number of likely N-dealkylation sites (tertiary alicyclic amines) is 1. The number of benzene rings is 1. The molecule has 37 heavy (non-hydrogen) atoms. The van der Waals surface area contributed by atoms with Crippen LogP contribution in [-0.2, 0) is 9.59 Å². The molecule has 0 saturated carbocycles. The number of carbonyl (C=O) groups excluding carboxylic acids is 1. The lowest BCUT2D eigenvalue weighted by Gasteiger charge is -2.17. The fourth-order valence-corrected chi connectivity index (χ4v) is 4.25. The van der Waals surface area contributed by atoms with Gasteiger partial charge in [0.1, 0.15) is 29.5 Å². The molecule has 1 aromatic carbocycles. The summed E-state index contributed by atoms with van der Waals surface area (Å²) in [7, 11) is 0. The molecule has 0 bridgehead atoms. The van der Waals surface area contributed by atoms with Gasteiger partial charge in [-0.3, -0.25) is 14.6 Å². The molecule has 4 heterocycles. The molecule has 10 nitrogen and oxygen atoms in total. The maximum absolute atomic E-state index is 13.0. The molecular formula is C27H30N6O4. The molecule has 3 aromatic rings. The number of anilines is 3. The zero-order chi connectivity index (χ0) is 26.2. The van der Waals surface area contributed by atoms with Gasteiger partial charge in [0, 0.05) is 36.6 Å². The minimum atomic E-state index is -0.250. The standard InChI is InChI=1S/C26H28N6O2.CH2O2/c1-17-13-20(6-8-23(17)34-21-7-5-18(2)28-15-21)31-25-22-14-19(26(33)32-11-3-4-12-32)9-10-27-24(22)29-16-30-25;2-1-3/h5-8,13-16H,3-4,9-12H2,1-2H3,(H2,27,29,30,31);1H,(H,2,3). The second-order valence-corrected chi connectivity index (χ2v) is 8.78. The number of amides is 1. The number of nitrogens with one attached hydrogen (secondary N) is 2. The molecule has 0 atom stereocenters. The molecule has 0 spiro atoms. The Morgan fingerprint density at radius 1 is 1.14 bits per heavy atom. The van der Waals surface area contributed by atoms with Crippen molar-refractivity contribution in [2.75, 3.05) is 30.3 Å². The van der Waals surface area contributed by atoms with Crippen LogP contribution in [-0.4, -0.2) is 57.0 Å². The molecule has 2 aromatic heterocycles. The first-order valence-corrected chi connectivity index (χ1v) is 12.1. The highest BCUT2D eigenvalue weighted by Crippen LogP contribution is 2.32. The number of ether oxygens (including phenoxy) is 1. The van der Waals surface area contributed by atoms with E-state index in [0.29, 0.717) is 24.5 Å². The van der Waals surface area contributed by atoms with Gasteiger partial charge in [0.15, 0.2) is 0 Å². The maximum Gasteiger partial charge on any atom is 0.290 e. The van der Waals surface area contributed by atoms with Crippen LogP contribution in [0.25, 0.3) is 6.08 Å². The highest BCUT2D eigenvalue weighted by molar-refractivity contribution is 6.00. The number of pyridine rings is 1. The predicted octanol–water partition coefficient (Wildman–Crippen LogP) is 4.55. The third kappa shape index (κ3) is 6.40. The van der Waals surface area contributed by atoms with Crippen LogP contribution in [0.3, 0.4) is 0 Å². The highest BCUT2D eigenvalue weighted by Gasteiger charge is 2.24. The van der Waals surface area contributed by atoms with Gasteiger partial charge >= 0.3 is 0 Å². The molecule has 0 radical (unpaired) electrons. The van der Waals surface area contributed by atoms with E-state index >= 15 is 0 Å². The van der Waals surface area contributed by atoms with Crippen LogP contribution in [0, 0.1) is 13.8 Å². The Balaban J connectivity index is 0.00000102. The van der Waals surface area contributed by atoms with Gasteiger partial charge in [-0.25, -0.2) is 9.97 Å². The van der Waals surface area contributed by atoms with Crippen molar-refractivity contribution in [2.24, 2.45) is 0 Å².